The summed E-state index contributed by atoms with van der Waals surface area (Å²) in [5, 5.41) is 16.6. The van der Waals surface area contributed by atoms with Crippen LogP contribution in [0.3, 0.4) is 0 Å². The maximum absolute atomic E-state index is 11.6. The number of hydrogen-bond acceptors (Lipinski definition) is 4. The summed E-state index contributed by atoms with van der Waals surface area (Å²) in [5.74, 6) is -0.131. The van der Waals surface area contributed by atoms with Gasteiger partial charge in [0.05, 0.1) is 4.92 Å². The molecule has 114 valence electrons. The first-order valence-electron chi connectivity index (χ1n) is 6.90. The van der Waals surface area contributed by atoms with Gasteiger partial charge in [0.1, 0.15) is 5.69 Å². The van der Waals surface area contributed by atoms with E-state index in [-0.39, 0.29) is 11.6 Å². The first-order chi connectivity index (χ1) is 10.6. The molecule has 6 nitrogen and oxygen atoms in total. The van der Waals surface area contributed by atoms with Gasteiger partial charge in [-0.3, -0.25) is 14.9 Å². The Morgan fingerprint density at radius 2 is 1.95 bits per heavy atom. The number of nitro benzene ring substituents is 1. The first-order valence-corrected chi connectivity index (χ1v) is 6.90. The molecule has 0 aliphatic heterocycles. The van der Waals surface area contributed by atoms with Crippen LogP contribution in [-0.4, -0.2) is 24.4 Å². The number of nitrogens with zero attached hydrogens (tertiary/aromatic N) is 1. The fraction of sp³-hybridized carbons (Fsp3) is 0.188. The Bertz CT molecular complexity index is 686. The molecule has 0 aliphatic rings. The van der Waals surface area contributed by atoms with Crippen LogP contribution in [0.2, 0.25) is 0 Å². The highest BCUT2D eigenvalue weighted by atomic mass is 16.6. The molecule has 0 saturated carbocycles. The predicted molar refractivity (Wildman–Crippen MR) is 85.1 cm³/mol. The highest BCUT2D eigenvalue weighted by molar-refractivity contribution is 5.94. The van der Waals surface area contributed by atoms with E-state index in [0.717, 1.165) is 5.56 Å². The fourth-order valence-electron chi connectivity index (χ4n) is 2.14. The van der Waals surface area contributed by atoms with E-state index >= 15 is 0 Å². The van der Waals surface area contributed by atoms with Crippen LogP contribution >= 0.6 is 0 Å². The lowest BCUT2D eigenvalue weighted by Gasteiger charge is -2.08. The Morgan fingerprint density at radius 1 is 1.18 bits per heavy atom. The lowest BCUT2D eigenvalue weighted by molar-refractivity contribution is -0.384. The molecule has 0 saturated heterocycles. The second kappa shape index (κ2) is 7.21. The zero-order valence-corrected chi connectivity index (χ0v) is 12.2. The van der Waals surface area contributed by atoms with Crippen LogP contribution in [0.25, 0.3) is 0 Å². The molecule has 0 atom stereocenters. The van der Waals surface area contributed by atoms with Crippen LogP contribution in [-0.2, 0) is 6.42 Å². The number of nitrogens with one attached hydrogen (secondary N) is 2. The molecule has 2 aromatic carbocycles. The average Bonchev–Trinajstić information content (AvgIpc) is 2.54. The Kier molecular flexibility index (Phi) is 5.08. The van der Waals surface area contributed by atoms with E-state index in [1.807, 2.05) is 18.2 Å². The molecule has 2 aromatic rings. The first kappa shape index (κ1) is 15.5. The molecule has 22 heavy (non-hydrogen) atoms. The van der Waals surface area contributed by atoms with Crippen LogP contribution in [0.5, 0.6) is 0 Å². The topological polar surface area (TPSA) is 84.3 Å². The number of carbonyl (C=O) groups excluding carboxylic acids is 1. The molecule has 2 N–H and O–H groups in total. The number of nitro groups is 1. The monoisotopic (exact) mass is 299 g/mol. The number of rotatable bonds is 6. The van der Waals surface area contributed by atoms with E-state index < -0.39 is 4.92 Å². The van der Waals surface area contributed by atoms with Gasteiger partial charge in [-0.25, -0.2) is 0 Å². The molecule has 0 heterocycles. The molecular weight excluding hydrogens is 282 g/mol. The molecule has 0 fully saturated rings. The maximum atomic E-state index is 11.6. The van der Waals surface area contributed by atoms with Crippen molar-refractivity contribution in [2.24, 2.45) is 0 Å². The van der Waals surface area contributed by atoms with Gasteiger partial charge in [0.2, 0.25) is 0 Å². The number of hydrogen-bond donors (Lipinski definition) is 2. The molecule has 0 spiro atoms. The number of amides is 1. The second-order valence-corrected chi connectivity index (χ2v) is 4.73. The molecule has 0 aliphatic carbocycles. The molecule has 6 heteroatoms. The molecule has 1 amide bonds. The minimum atomic E-state index is -0.408. The van der Waals surface area contributed by atoms with E-state index in [1.54, 1.807) is 31.3 Å². The smallest absolute Gasteiger partial charge is 0.292 e. The van der Waals surface area contributed by atoms with Gasteiger partial charge in [0.25, 0.3) is 11.6 Å². The summed E-state index contributed by atoms with van der Waals surface area (Å²) in [6.45, 7) is 0.544. The molecular formula is C16H17N3O3. The van der Waals surface area contributed by atoms with E-state index in [4.69, 9.17) is 0 Å². The van der Waals surface area contributed by atoms with Gasteiger partial charge in [0, 0.05) is 25.2 Å². The summed E-state index contributed by atoms with van der Waals surface area (Å²) >= 11 is 0. The lowest BCUT2D eigenvalue weighted by Crippen LogP contribution is -2.18. The number of anilines is 1. The summed E-state index contributed by atoms with van der Waals surface area (Å²) in [7, 11) is 1.59. The summed E-state index contributed by atoms with van der Waals surface area (Å²) in [4.78, 5) is 22.1. The largest absolute Gasteiger partial charge is 0.379 e. The van der Waals surface area contributed by atoms with Crippen molar-refractivity contribution in [1.82, 2.24) is 5.32 Å². The van der Waals surface area contributed by atoms with Crippen LogP contribution in [0.4, 0.5) is 11.4 Å². The standard InChI is InChI=1S/C16H17N3O3/c1-17-16(20)13-6-4-5-12(11-13)9-10-18-14-7-2-3-8-15(14)19(21)22/h2-8,11,18H,9-10H2,1H3,(H,17,20). The molecule has 0 radical (unpaired) electrons. The van der Waals surface area contributed by atoms with Crippen LogP contribution < -0.4 is 10.6 Å². The lowest BCUT2D eigenvalue weighted by atomic mass is 10.1. The van der Waals surface area contributed by atoms with Crippen molar-refractivity contribution in [2.45, 2.75) is 6.42 Å². The summed E-state index contributed by atoms with van der Waals surface area (Å²) in [6, 6.07) is 13.8. The van der Waals surface area contributed by atoms with Gasteiger partial charge in [0.15, 0.2) is 0 Å². The van der Waals surface area contributed by atoms with Crippen molar-refractivity contribution in [3.8, 4) is 0 Å². The zero-order chi connectivity index (χ0) is 15.9. The Labute approximate surface area is 128 Å². The van der Waals surface area contributed by atoms with Gasteiger partial charge in [-0.05, 0) is 30.2 Å². The third-order valence-corrected chi connectivity index (χ3v) is 3.25. The van der Waals surface area contributed by atoms with Crippen molar-refractivity contribution in [2.75, 3.05) is 18.9 Å². The van der Waals surface area contributed by atoms with Gasteiger partial charge >= 0.3 is 0 Å². The minimum Gasteiger partial charge on any atom is -0.379 e. The van der Waals surface area contributed by atoms with Crippen LogP contribution in [0.15, 0.2) is 48.5 Å². The molecule has 0 bridgehead atoms. The second-order valence-electron chi connectivity index (χ2n) is 4.73. The Hall–Kier alpha value is -2.89. The summed E-state index contributed by atoms with van der Waals surface area (Å²) < 4.78 is 0. The fourth-order valence-corrected chi connectivity index (χ4v) is 2.14. The van der Waals surface area contributed by atoms with Gasteiger partial charge in [-0.15, -0.1) is 0 Å². The van der Waals surface area contributed by atoms with E-state index in [1.165, 1.54) is 6.07 Å². The maximum Gasteiger partial charge on any atom is 0.292 e. The Morgan fingerprint density at radius 3 is 2.68 bits per heavy atom. The SMILES string of the molecule is CNC(=O)c1cccc(CCNc2ccccc2[N+](=O)[O-])c1. The minimum absolute atomic E-state index is 0.0570. The van der Waals surface area contributed by atoms with Crippen LogP contribution in [0.1, 0.15) is 15.9 Å². The highest BCUT2D eigenvalue weighted by Crippen LogP contribution is 2.23. The van der Waals surface area contributed by atoms with Gasteiger partial charge < -0.3 is 10.6 Å². The van der Waals surface area contributed by atoms with Gasteiger partial charge in [-0.2, -0.15) is 0 Å². The Balaban J connectivity index is 2.00. The van der Waals surface area contributed by atoms with E-state index in [2.05, 4.69) is 10.6 Å². The van der Waals surface area contributed by atoms with Crippen molar-refractivity contribution < 1.29 is 9.72 Å². The molecule has 0 unspecified atom stereocenters. The molecule has 0 aromatic heterocycles. The van der Waals surface area contributed by atoms with Crippen molar-refractivity contribution in [3.05, 3.63) is 69.8 Å². The van der Waals surface area contributed by atoms with E-state index in [9.17, 15) is 14.9 Å². The summed E-state index contributed by atoms with van der Waals surface area (Å²) in [5.41, 5.74) is 2.15. The normalized spacial score (nSPS) is 10.0. The average molecular weight is 299 g/mol. The quantitative estimate of drug-likeness (QED) is 0.634. The number of carbonyl (C=O) groups is 1. The predicted octanol–water partition coefficient (Wildman–Crippen LogP) is 2.61. The van der Waals surface area contributed by atoms with E-state index in [0.29, 0.717) is 24.2 Å². The zero-order valence-electron chi connectivity index (χ0n) is 12.2. The van der Waals surface area contributed by atoms with Crippen molar-refractivity contribution in [3.63, 3.8) is 0 Å². The van der Waals surface area contributed by atoms with Crippen molar-refractivity contribution in [1.29, 1.82) is 0 Å². The third kappa shape index (κ3) is 3.82. The summed E-state index contributed by atoms with van der Waals surface area (Å²) in [6.07, 6.45) is 0.664. The van der Waals surface area contributed by atoms with Crippen LogP contribution in [0, 0.1) is 10.1 Å². The number of para-hydroxylation sites is 2. The molecule has 2 rings (SSSR count). The number of benzene rings is 2. The highest BCUT2D eigenvalue weighted by Gasteiger charge is 2.11. The van der Waals surface area contributed by atoms with Crippen molar-refractivity contribution >= 4 is 17.3 Å². The third-order valence-electron chi connectivity index (χ3n) is 3.25. The van der Waals surface area contributed by atoms with Gasteiger partial charge in [-0.1, -0.05) is 24.3 Å².